The molecule has 1 aliphatic heterocycles. The van der Waals surface area contributed by atoms with Crippen molar-refractivity contribution in [1.29, 1.82) is 0 Å². The van der Waals surface area contributed by atoms with Crippen molar-refractivity contribution in [2.24, 2.45) is 0 Å². The molecule has 0 aliphatic carbocycles. The second-order valence-corrected chi connectivity index (χ2v) is 10.9. The minimum absolute atomic E-state index is 0.0109. The molecule has 1 aliphatic rings. The Morgan fingerprint density at radius 1 is 1.00 bits per heavy atom. The zero-order valence-electron chi connectivity index (χ0n) is 21.4. The maximum absolute atomic E-state index is 13.6. The summed E-state index contributed by atoms with van der Waals surface area (Å²) in [6, 6.07) is 17.5. The molecule has 1 unspecified atom stereocenters. The van der Waals surface area contributed by atoms with E-state index in [0.717, 1.165) is 5.56 Å². The third-order valence-corrected chi connectivity index (χ3v) is 8.17. The second kappa shape index (κ2) is 12.1. The third-order valence-electron chi connectivity index (χ3n) is 6.24. The number of benzene rings is 3. The molecule has 1 heterocycles. The number of carbonyl (C=O) groups excluding carboxylic acids is 3. The van der Waals surface area contributed by atoms with Gasteiger partial charge in [0.15, 0.2) is 6.61 Å². The van der Waals surface area contributed by atoms with Gasteiger partial charge in [-0.1, -0.05) is 36.4 Å². The number of rotatable bonds is 9. The van der Waals surface area contributed by atoms with Crippen LogP contribution in [-0.4, -0.2) is 48.6 Å². The van der Waals surface area contributed by atoms with Gasteiger partial charge in [0, 0.05) is 25.2 Å². The minimum Gasteiger partial charge on any atom is -0.456 e. The number of hydrogen-bond donors (Lipinski definition) is 2. The number of sulfonamides is 1. The fraction of sp³-hybridized carbons (Fsp3) is 0.222. The first-order valence-corrected chi connectivity index (χ1v) is 13.7. The molecule has 0 saturated heterocycles. The predicted molar refractivity (Wildman–Crippen MR) is 145 cm³/mol. The van der Waals surface area contributed by atoms with Crippen LogP contribution in [0.1, 0.15) is 30.5 Å². The SMILES string of the molecule is CC(=O)Nc1ccc(S(=O)(=O)N2CCc3ccccc3C2CC(=O)OCC(=O)Nc2ccccc2[N+](=O)[O-])cc1. The van der Waals surface area contributed by atoms with Crippen molar-refractivity contribution in [2.75, 3.05) is 23.8 Å². The van der Waals surface area contributed by atoms with Crippen molar-refractivity contribution in [3.05, 3.63) is 94.0 Å². The lowest BCUT2D eigenvalue weighted by Gasteiger charge is -2.36. The Labute approximate surface area is 230 Å². The van der Waals surface area contributed by atoms with Gasteiger partial charge in [0.2, 0.25) is 15.9 Å². The van der Waals surface area contributed by atoms with Crippen LogP contribution in [0.2, 0.25) is 0 Å². The van der Waals surface area contributed by atoms with Gasteiger partial charge in [-0.05, 0) is 47.9 Å². The van der Waals surface area contributed by atoms with Crippen molar-refractivity contribution >= 4 is 44.9 Å². The lowest BCUT2D eigenvalue weighted by Crippen LogP contribution is -2.41. The van der Waals surface area contributed by atoms with Crippen LogP contribution in [0.15, 0.2) is 77.7 Å². The molecule has 0 bridgehead atoms. The molecule has 2 amide bonds. The number of esters is 1. The van der Waals surface area contributed by atoms with E-state index in [1.165, 1.54) is 59.8 Å². The normalized spacial score (nSPS) is 15.0. The summed E-state index contributed by atoms with van der Waals surface area (Å²) in [5, 5.41) is 16.1. The zero-order valence-corrected chi connectivity index (χ0v) is 22.2. The van der Waals surface area contributed by atoms with E-state index in [4.69, 9.17) is 4.74 Å². The lowest BCUT2D eigenvalue weighted by atomic mass is 9.92. The van der Waals surface area contributed by atoms with Gasteiger partial charge in [-0.2, -0.15) is 4.31 Å². The molecule has 0 fully saturated rings. The Bertz CT molecular complexity index is 1560. The molecule has 0 radical (unpaired) electrons. The predicted octanol–water partition coefficient (Wildman–Crippen LogP) is 3.41. The fourth-order valence-corrected chi connectivity index (χ4v) is 6.07. The van der Waals surface area contributed by atoms with Crippen molar-refractivity contribution in [2.45, 2.75) is 30.7 Å². The molecule has 2 N–H and O–H groups in total. The molecule has 0 saturated carbocycles. The topological polar surface area (TPSA) is 165 Å². The Morgan fingerprint density at radius 3 is 2.38 bits per heavy atom. The number of hydrogen-bond acceptors (Lipinski definition) is 8. The zero-order chi connectivity index (χ0) is 28.9. The number of carbonyl (C=O) groups is 3. The molecule has 3 aromatic carbocycles. The monoisotopic (exact) mass is 566 g/mol. The summed E-state index contributed by atoms with van der Waals surface area (Å²) in [5.41, 5.74) is 1.62. The number of nitrogens with one attached hydrogen (secondary N) is 2. The largest absolute Gasteiger partial charge is 0.456 e. The Morgan fingerprint density at radius 2 is 1.68 bits per heavy atom. The van der Waals surface area contributed by atoms with Gasteiger partial charge in [0.05, 0.1) is 22.3 Å². The smallest absolute Gasteiger partial charge is 0.308 e. The molecular formula is C27H26N4O8S. The van der Waals surface area contributed by atoms with Crippen LogP contribution in [0, 0.1) is 10.1 Å². The molecule has 3 aromatic rings. The summed E-state index contributed by atoms with van der Waals surface area (Å²) in [6.45, 7) is 0.744. The van der Waals surface area contributed by atoms with Crippen LogP contribution in [-0.2, 0) is 35.6 Å². The van der Waals surface area contributed by atoms with Crippen LogP contribution in [0.5, 0.6) is 0 Å². The van der Waals surface area contributed by atoms with Gasteiger partial charge in [-0.25, -0.2) is 8.42 Å². The van der Waals surface area contributed by atoms with Crippen molar-refractivity contribution in [3.63, 3.8) is 0 Å². The minimum atomic E-state index is -4.06. The summed E-state index contributed by atoms with van der Waals surface area (Å²) in [6.07, 6.45) is 0.0716. The van der Waals surface area contributed by atoms with E-state index < -0.39 is 39.5 Å². The molecule has 1 atom stereocenters. The van der Waals surface area contributed by atoms with Crippen LogP contribution in [0.4, 0.5) is 17.1 Å². The number of anilines is 2. The third kappa shape index (κ3) is 6.50. The van der Waals surface area contributed by atoms with E-state index >= 15 is 0 Å². The maximum atomic E-state index is 13.6. The number of nitrogens with zero attached hydrogens (tertiary/aromatic N) is 2. The van der Waals surface area contributed by atoms with Crippen molar-refractivity contribution in [3.8, 4) is 0 Å². The van der Waals surface area contributed by atoms with Gasteiger partial charge in [-0.3, -0.25) is 24.5 Å². The molecule has 4 rings (SSSR count). The first kappa shape index (κ1) is 28.4. The molecule has 0 aromatic heterocycles. The summed E-state index contributed by atoms with van der Waals surface area (Å²) in [4.78, 5) is 47.0. The van der Waals surface area contributed by atoms with Gasteiger partial charge < -0.3 is 15.4 Å². The lowest BCUT2D eigenvalue weighted by molar-refractivity contribution is -0.383. The summed E-state index contributed by atoms with van der Waals surface area (Å²) < 4.78 is 33.7. The quantitative estimate of drug-likeness (QED) is 0.226. The summed E-state index contributed by atoms with van der Waals surface area (Å²) >= 11 is 0. The van der Waals surface area contributed by atoms with E-state index in [0.29, 0.717) is 17.7 Å². The Kier molecular flexibility index (Phi) is 8.55. The fourth-order valence-electron chi connectivity index (χ4n) is 4.46. The Hall–Kier alpha value is -4.62. The number of nitro groups is 1. The number of fused-ring (bicyclic) bond motifs is 1. The van der Waals surface area contributed by atoms with Crippen molar-refractivity contribution < 1.29 is 32.5 Å². The van der Waals surface area contributed by atoms with E-state index in [-0.39, 0.29) is 35.1 Å². The first-order valence-electron chi connectivity index (χ1n) is 12.2. The maximum Gasteiger partial charge on any atom is 0.308 e. The van der Waals surface area contributed by atoms with Gasteiger partial charge in [0.1, 0.15) is 5.69 Å². The molecule has 13 heteroatoms. The molecule has 0 spiro atoms. The van der Waals surface area contributed by atoms with E-state index in [1.807, 2.05) is 12.1 Å². The first-order chi connectivity index (χ1) is 19.1. The van der Waals surface area contributed by atoms with Gasteiger partial charge in [-0.15, -0.1) is 0 Å². The van der Waals surface area contributed by atoms with Gasteiger partial charge >= 0.3 is 5.97 Å². The van der Waals surface area contributed by atoms with Crippen LogP contribution in [0.25, 0.3) is 0 Å². The number of para-hydroxylation sites is 2. The average molecular weight is 567 g/mol. The van der Waals surface area contributed by atoms with E-state index in [9.17, 15) is 32.9 Å². The standard InChI is InChI=1S/C27H26N4O8S/c1-18(32)28-20-10-12-21(13-11-20)40(37,38)30-15-14-19-6-2-3-7-22(19)25(30)16-27(34)39-17-26(33)29-23-8-4-5-9-24(23)31(35)36/h2-13,25H,14-17H2,1H3,(H,28,32)(H,29,33). The molecule has 40 heavy (non-hydrogen) atoms. The highest BCUT2D eigenvalue weighted by atomic mass is 32.2. The summed E-state index contributed by atoms with van der Waals surface area (Å²) in [7, 11) is -4.06. The van der Waals surface area contributed by atoms with E-state index in [1.54, 1.807) is 12.1 Å². The number of ether oxygens (including phenoxy) is 1. The number of nitro benzene ring substituents is 1. The highest BCUT2D eigenvalue weighted by Crippen LogP contribution is 2.36. The average Bonchev–Trinajstić information content (AvgIpc) is 2.92. The van der Waals surface area contributed by atoms with Crippen LogP contribution >= 0.6 is 0 Å². The molecular weight excluding hydrogens is 540 g/mol. The van der Waals surface area contributed by atoms with E-state index in [2.05, 4.69) is 10.6 Å². The van der Waals surface area contributed by atoms with Crippen molar-refractivity contribution in [1.82, 2.24) is 4.31 Å². The highest BCUT2D eigenvalue weighted by Gasteiger charge is 2.38. The second-order valence-electron chi connectivity index (χ2n) is 8.97. The van der Waals surface area contributed by atoms with Crippen LogP contribution in [0.3, 0.4) is 0 Å². The Balaban J connectivity index is 1.50. The molecule has 12 nitrogen and oxygen atoms in total. The van der Waals surface area contributed by atoms with Crippen LogP contribution < -0.4 is 10.6 Å². The molecule has 208 valence electrons. The highest BCUT2D eigenvalue weighted by molar-refractivity contribution is 7.89. The number of amides is 2. The summed E-state index contributed by atoms with van der Waals surface area (Å²) in [5.74, 6) is -1.89. The van der Waals surface area contributed by atoms with Gasteiger partial charge in [0.25, 0.3) is 11.6 Å².